The van der Waals surface area contributed by atoms with E-state index < -0.39 is 12.0 Å². The van der Waals surface area contributed by atoms with Gasteiger partial charge < -0.3 is 15.3 Å². The molecule has 1 aromatic rings. The minimum atomic E-state index is -1.01. The number of aliphatic carboxylic acids is 1. The zero-order chi connectivity index (χ0) is 15.2. The van der Waals surface area contributed by atoms with E-state index in [9.17, 15) is 14.7 Å². The monoisotopic (exact) mass is 290 g/mol. The summed E-state index contributed by atoms with van der Waals surface area (Å²) in [4.78, 5) is 25.2. The van der Waals surface area contributed by atoms with Crippen LogP contribution in [-0.4, -0.2) is 41.1 Å². The number of rotatable bonds is 5. The number of carbonyl (C=O) groups is 2. The van der Waals surface area contributed by atoms with Crippen LogP contribution in [0.2, 0.25) is 0 Å². The number of hydrogen-bond donors (Lipinski definition) is 2. The molecule has 0 spiro atoms. The quantitative estimate of drug-likeness (QED) is 0.874. The van der Waals surface area contributed by atoms with E-state index in [-0.39, 0.29) is 12.1 Å². The third-order valence-corrected chi connectivity index (χ3v) is 4.07. The smallest absolute Gasteiger partial charge is 0.326 e. The Bertz CT molecular complexity index is 484. The third-order valence-electron chi connectivity index (χ3n) is 4.07. The number of nitrogens with zero attached hydrogens (tertiary/aromatic N) is 1. The molecule has 0 saturated heterocycles. The fraction of sp³-hybridized carbons (Fsp3) is 0.500. The Morgan fingerprint density at radius 1 is 1.29 bits per heavy atom. The number of benzene rings is 1. The van der Waals surface area contributed by atoms with Crippen molar-refractivity contribution < 1.29 is 14.7 Å². The lowest BCUT2D eigenvalue weighted by molar-refractivity contribution is -0.139. The first-order chi connectivity index (χ1) is 10.1. The first-order valence-corrected chi connectivity index (χ1v) is 7.38. The Kier molecular flexibility index (Phi) is 5.20. The molecular weight excluding hydrogens is 268 g/mol. The molecule has 5 heteroatoms. The van der Waals surface area contributed by atoms with Crippen LogP contribution in [0.15, 0.2) is 30.3 Å². The van der Waals surface area contributed by atoms with Crippen molar-refractivity contribution in [2.75, 3.05) is 7.05 Å². The predicted molar refractivity (Wildman–Crippen MR) is 80.1 cm³/mol. The lowest BCUT2D eigenvalue weighted by Crippen LogP contribution is -2.50. The molecule has 1 aliphatic carbocycles. The molecule has 0 unspecified atom stereocenters. The highest BCUT2D eigenvalue weighted by molar-refractivity contribution is 5.82. The van der Waals surface area contributed by atoms with Crippen LogP contribution in [0.1, 0.15) is 31.2 Å². The predicted octanol–water partition coefficient (Wildman–Crippen LogP) is 2.27. The Balaban J connectivity index is 1.95. The van der Waals surface area contributed by atoms with Gasteiger partial charge in [-0.15, -0.1) is 0 Å². The highest BCUT2D eigenvalue weighted by Crippen LogP contribution is 2.22. The summed E-state index contributed by atoms with van der Waals surface area (Å²) in [6, 6.07) is 8.36. The summed E-state index contributed by atoms with van der Waals surface area (Å²) in [5, 5.41) is 11.9. The highest BCUT2D eigenvalue weighted by Gasteiger charge is 2.27. The van der Waals surface area contributed by atoms with Crippen LogP contribution >= 0.6 is 0 Å². The number of carbonyl (C=O) groups excluding carboxylic acids is 1. The van der Waals surface area contributed by atoms with Gasteiger partial charge in [0.15, 0.2) is 0 Å². The van der Waals surface area contributed by atoms with Gasteiger partial charge in [-0.2, -0.15) is 0 Å². The summed E-state index contributed by atoms with van der Waals surface area (Å²) >= 11 is 0. The van der Waals surface area contributed by atoms with Crippen molar-refractivity contribution in [3.8, 4) is 0 Å². The zero-order valence-corrected chi connectivity index (χ0v) is 12.3. The highest BCUT2D eigenvalue weighted by atomic mass is 16.4. The number of amides is 2. The number of hydrogen-bond acceptors (Lipinski definition) is 2. The average molecular weight is 290 g/mol. The molecule has 5 nitrogen and oxygen atoms in total. The van der Waals surface area contributed by atoms with Gasteiger partial charge in [-0.1, -0.05) is 43.2 Å². The molecule has 2 N–H and O–H groups in total. The van der Waals surface area contributed by atoms with Crippen molar-refractivity contribution in [3.63, 3.8) is 0 Å². The van der Waals surface area contributed by atoms with Crippen molar-refractivity contribution >= 4 is 12.0 Å². The fourth-order valence-corrected chi connectivity index (χ4v) is 2.76. The van der Waals surface area contributed by atoms with Gasteiger partial charge in [0.25, 0.3) is 0 Å². The van der Waals surface area contributed by atoms with Gasteiger partial charge >= 0.3 is 12.0 Å². The lowest BCUT2D eigenvalue weighted by atomic mass is 10.1. The molecule has 0 bridgehead atoms. The van der Waals surface area contributed by atoms with E-state index in [0.29, 0.717) is 6.42 Å². The molecule has 2 amide bonds. The van der Waals surface area contributed by atoms with E-state index in [1.54, 1.807) is 11.9 Å². The van der Waals surface area contributed by atoms with Crippen LogP contribution in [-0.2, 0) is 11.2 Å². The topological polar surface area (TPSA) is 69.6 Å². The van der Waals surface area contributed by atoms with Crippen LogP contribution in [0.5, 0.6) is 0 Å². The van der Waals surface area contributed by atoms with E-state index in [1.165, 1.54) is 0 Å². The van der Waals surface area contributed by atoms with Crippen LogP contribution in [0.4, 0.5) is 4.79 Å². The Morgan fingerprint density at radius 3 is 2.48 bits per heavy atom. The molecule has 1 aliphatic rings. The Hall–Kier alpha value is -2.04. The molecule has 0 radical (unpaired) electrons. The largest absolute Gasteiger partial charge is 0.480 e. The van der Waals surface area contributed by atoms with Crippen LogP contribution in [0.3, 0.4) is 0 Å². The Morgan fingerprint density at radius 2 is 1.90 bits per heavy atom. The molecule has 1 aromatic carbocycles. The van der Waals surface area contributed by atoms with Crippen molar-refractivity contribution in [1.82, 2.24) is 10.2 Å². The summed E-state index contributed by atoms with van der Waals surface area (Å²) < 4.78 is 0. The van der Waals surface area contributed by atoms with E-state index in [1.807, 2.05) is 30.3 Å². The minimum absolute atomic E-state index is 0.233. The zero-order valence-electron chi connectivity index (χ0n) is 12.3. The van der Waals surface area contributed by atoms with Gasteiger partial charge in [-0.05, 0) is 18.4 Å². The second kappa shape index (κ2) is 7.11. The van der Waals surface area contributed by atoms with E-state index in [4.69, 9.17) is 0 Å². The average Bonchev–Trinajstić information content (AvgIpc) is 3.00. The number of carboxylic acids is 1. The molecule has 21 heavy (non-hydrogen) atoms. The second-order valence-electron chi connectivity index (χ2n) is 5.58. The maximum absolute atomic E-state index is 12.2. The summed E-state index contributed by atoms with van der Waals surface area (Å²) in [5.41, 5.74) is 0.897. The third kappa shape index (κ3) is 4.21. The van der Waals surface area contributed by atoms with Crippen molar-refractivity contribution in [1.29, 1.82) is 0 Å². The molecule has 1 fully saturated rings. The second-order valence-corrected chi connectivity index (χ2v) is 5.58. The molecular formula is C16H22N2O3. The van der Waals surface area contributed by atoms with Crippen molar-refractivity contribution in [2.24, 2.45) is 0 Å². The van der Waals surface area contributed by atoms with Crippen LogP contribution < -0.4 is 5.32 Å². The molecule has 0 aliphatic heterocycles. The van der Waals surface area contributed by atoms with E-state index in [0.717, 1.165) is 31.2 Å². The number of carboxylic acid groups (broad SMARTS) is 1. The summed E-state index contributed by atoms with van der Waals surface area (Å²) in [7, 11) is 1.74. The van der Waals surface area contributed by atoms with Gasteiger partial charge in [0.2, 0.25) is 0 Å². The number of nitrogens with one attached hydrogen (secondary N) is 1. The number of urea groups is 1. The summed E-state index contributed by atoms with van der Waals surface area (Å²) in [5.74, 6) is -1.01. The van der Waals surface area contributed by atoms with Crippen molar-refractivity contribution in [3.05, 3.63) is 35.9 Å². The summed E-state index contributed by atoms with van der Waals surface area (Å²) in [6.07, 6.45) is 4.56. The fourth-order valence-electron chi connectivity index (χ4n) is 2.76. The molecule has 1 saturated carbocycles. The van der Waals surface area contributed by atoms with Gasteiger partial charge in [-0.3, -0.25) is 0 Å². The minimum Gasteiger partial charge on any atom is -0.480 e. The molecule has 1 atom stereocenters. The lowest BCUT2D eigenvalue weighted by Gasteiger charge is -2.26. The Labute approximate surface area is 125 Å². The first-order valence-electron chi connectivity index (χ1n) is 7.38. The standard InChI is InChI=1S/C16H22N2O3/c1-18(13-9-5-6-10-13)16(21)17-14(15(19)20)11-12-7-3-2-4-8-12/h2-4,7-8,13-14H,5-6,9-11H2,1H3,(H,17,21)(H,19,20)/t14-/m1/s1. The molecule has 0 aromatic heterocycles. The maximum atomic E-state index is 12.2. The first kappa shape index (κ1) is 15.4. The molecule has 114 valence electrons. The van der Waals surface area contributed by atoms with E-state index in [2.05, 4.69) is 5.32 Å². The molecule has 0 heterocycles. The maximum Gasteiger partial charge on any atom is 0.326 e. The van der Waals surface area contributed by atoms with Crippen LogP contribution in [0, 0.1) is 0 Å². The van der Waals surface area contributed by atoms with Gasteiger partial charge in [0.1, 0.15) is 6.04 Å². The van der Waals surface area contributed by atoms with Gasteiger partial charge in [0.05, 0.1) is 0 Å². The molecule has 2 rings (SSSR count). The van der Waals surface area contributed by atoms with E-state index >= 15 is 0 Å². The van der Waals surface area contributed by atoms with Crippen molar-refractivity contribution in [2.45, 2.75) is 44.2 Å². The summed E-state index contributed by atoms with van der Waals surface area (Å²) in [6.45, 7) is 0. The van der Waals surface area contributed by atoms with Gasteiger partial charge in [-0.25, -0.2) is 9.59 Å². The van der Waals surface area contributed by atoms with Crippen LogP contribution in [0.25, 0.3) is 0 Å². The normalized spacial score (nSPS) is 16.4. The SMILES string of the molecule is CN(C(=O)N[C@H](Cc1ccccc1)C(=O)O)C1CCCC1. The van der Waals surface area contributed by atoms with Gasteiger partial charge in [0, 0.05) is 19.5 Å².